The monoisotopic (exact) mass is 304 g/mol. The van der Waals surface area contributed by atoms with Gasteiger partial charge in [-0.2, -0.15) is 0 Å². The average molecular weight is 305 g/mol. The average Bonchev–Trinajstić information content (AvgIpc) is 2.36. The molecule has 94 valence electrons. The van der Waals surface area contributed by atoms with Crippen LogP contribution in [0.15, 0.2) is 53.0 Å². The molecule has 1 N–H and O–H groups in total. The SMILES string of the molecule is Cc1cc(Br)cc(C(O)CCc2ccccc2)c1. The molecule has 0 fully saturated rings. The standard InChI is InChI=1S/C16H17BrO/c1-12-9-14(11-15(17)10-12)16(18)8-7-13-5-3-2-4-6-13/h2-6,9-11,16,18H,7-8H2,1H3. The van der Waals surface area contributed by atoms with Gasteiger partial charge in [-0.25, -0.2) is 0 Å². The zero-order valence-electron chi connectivity index (χ0n) is 10.4. The van der Waals surface area contributed by atoms with Crippen molar-refractivity contribution in [2.45, 2.75) is 25.9 Å². The number of hydrogen-bond acceptors (Lipinski definition) is 1. The Labute approximate surface area is 117 Å². The number of aliphatic hydroxyl groups excluding tert-OH is 1. The number of benzene rings is 2. The molecule has 0 spiro atoms. The van der Waals surface area contributed by atoms with E-state index < -0.39 is 6.10 Å². The molecule has 0 saturated heterocycles. The zero-order chi connectivity index (χ0) is 13.0. The summed E-state index contributed by atoms with van der Waals surface area (Å²) < 4.78 is 1.02. The lowest BCUT2D eigenvalue weighted by atomic mass is 10.0. The highest BCUT2D eigenvalue weighted by molar-refractivity contribution is 9.10. The minimum atomic E-state index is -0.401. The van der Waals surface area contributed by atoms with E-state index in [1.165, 1.54) is 5.56 Å². The van der Waals surface area contributed by atoms with Crippen molar-refractivity contribution in [3.63, 3.8) is 0 Å². The zero-order valence-corrected chi connectivity index (χ0v) is 12.0. The molecule has 0 amide bonds. The molecule has 0 aliphatic heterocycles. The van der Waals surface area contributed by atoms with Crippen molar-refractivity contribution in [1.29, 1.82) is 0 Å². The summed E-state index contributed by atoms with van der Waals surface area (Å²) in [5.74, 6) is 0. The maximum absolute atomic E-state index is 10.2. The molecule has 1 atom stereocenters. The molecule has 2 aromatic carbocycles. The Morgan fingerprint density at radius 3 is 2.50 bits per heavy atom. The molecule has 0 aliphatic rings. The third-order valence-electron chi connectivity index (χ3n) is 3.00. The smallest absolute Gasteiger partial charge is 0.0793 e. The Hall–Kier alpha value is -1.12. The van der Waals surface area contributed by atoms with Crippen LogP contribution in [0, 0.1) is 6.92 Å². The normalized spacial score (nSPS) is 12.4. The molecule has 2 heteroatoms. The lowest BCUT2D eigenvalue weighted by Gasteiger charge is -2.12. The van der Waals surface area contributed by atoms with Gasteiger partial charge in [0.05, 0.1) is 6.10 Å². The Morgan fingerprint density at radius 2 is 1.83 bits per heavy atom. The van der Waals surface area contributed by atoms with Crippen molar-refractivity contribution in [3.05, 3.63) is 69.7 Å². The summed E-state index contributed by atoms with van der Waals surface area (Å²) in [6.45, 7) is 2.04. The minimum Gasteiger partial charge on any atom is -0.388 e. The van der Waals surface area contributed by atoms with Gasteiger partial charge in [0.1, 0.15) is 0 Å². The van der Waals surface area contributed by atoms with Crippen molar-refractivity contribution in [3.8, 4) is 0 Å². The topological polar surface area (TPSA) is 20.2 Å². The highest BCUT2D eigenvalue weighted by atomic mass is 79.9. The van der Waals surface area contributed by atoms with Gasteiger partial charge in [0.25, 0.3) is 0 Å². The Kier molecular flexibility index (Phi) is 4.56. The molecule has 0 aliphatic carbocycles. The highest BCUT2D eigenvalue weighted by Gasteiger charge is 2.08. The number of aliphatic hydroxyl groups is 1. The lowest BCUT2D eigenvalue weighted by molar-refractivity contribution is 0.167. The molecule has 2 aromatic rings. The van der Waals surface area contributed by atoms with Gasteiger partial charge in [-0.15, -0.1) is 0 Å². The van der Waals surface area contributed by atoms with Crippen molar-refractivity contribution in [1.82, 2.24) is 0 Å². The Morgan fingerprint density at radius 1 is 1.11 bits per heavy atom. The summed E-state index contributed by atoms with van der Waals surface area (Å²) in [6, 6.07) is 16.3. The van der Waals surface area contributed by atoms with Crippen LogP contribution in [-0.4, -0.2) is 5.11 Å². The number of rotatable bonds is 4. The van der Waals surface area contributed by atoms with E-state index in [-0.39, 0.29) is 0 Å². The predicted molar refractivity (Wildman–Crippen MR) is 78.6 cm³/mol. The van der Waals surface area contributed by atoms with Gasteiger partial charge in [0, 0.05) is 4.47 Å². The van der Waals surface area contributed by atoms with Crippen LogP contribution >= 0.6 is 15.9 Å². The third kappa shape index (κ3) is 3.69. The van der Waals surface area contributed by atoms with Crippen LogP contribution in [0.25, 0.3) is 0 Å². The van der Waals surface area contributed by atoms with E-state index in [1.807, 2.05) is 43.3 Å². The van der Waals surface area contributed by atoms with Crippen LogP contribution in [0.2, 0.25) is 0 Å². The molecule has 1 nitrogen and oxygen atoms in total. The third-order valence-corrected chi connectivity index (χ3v) is 3.46. The first-order valence-electron chi connectivity index (χ1n) is 6.14. The first kappa shape index (κ1) is 13.3. The lowest BCUT2D eigenvalue weighted by Crippen LogP contribution is -2.00. The van der Waals surface area contributed by atoms with Crippen LogP contribution in [0.4, 0.5) is 0 Å². The van der Waals surface area contributed by atoms with Gasteiger partial charge in [-0.05, 0) is 48.6 Å². The maximum atomic E-state index is 10.2. The minimum absolute atomic E-state index is 0.401. The van der Waals surface area contributed by atoms with E-state index in [0.717, 1.165) is 28.4 Å². The molecule has 1 unspecified atom stereocenters. The first-order valence-corrected chi connectivity index (χ1v) is 6.93. The van der Waals surface area contributed by atoms with E-state index in [9.17, 15) is 5.11 Å². The molecule has 0 saturated carbocycles. The second kappa shape index (κ2) is 6.17. The van der Waals surface area contributed by atoms with Crippen LogP contribution in [0.5, 0.6) is 0 Å². The van der Waals surface area contributed by atoms with E-state index in [1.54, 1.807) is 0 Å². The summed E-state index contributed by atoms with van der Waals surface area (Å²) in [5.41, 5.74) is 3.42. The summed E-state index contributed by atoms with van der Waals surface area (Å²) in [4.78, 5) is 0. The van der Waals surface area contributed by atoms with Gasteiger partial charge in [0.2, 0.25) is 0 Å². The largest absolute Gasteiger partial charge is 0.388 e. The van der Waals surface area contributed by atoms with Crippen LogP contribution in [0.1, 0.15) is 29.2 Å². The van der Waals surface area contributed by atoms with Crippen molar-refractivity contribution >= 4 is 15.9 Å². The molecular weight excluding hydrogens is 288 g/mol. The maximum Gasteiger partial charge on any atom is 0.0793 e. The first-order chi connectivity index (χ1) is 8.65. The fourth-order valence-electron chi connectivity index (χ4n) is 2.07. The van der Waals surface area contributed by atoms with Gasteiger partial charge in [-0.1, -0.05) is 52.3 Å². The van der Waals surface area contributed by atoms with Crippen LogP contribution in [-0.2, 0) is 6.42 Å². The number of hydrogen-bond donors (Lipinski definition) is 1. The molecular formula is C16H17BrO. The van der Waals surface area contributed by atoms with Crippen LogP contribution < -0.4 is 0 Å². The molecule has 0 bridgehead atoms. The molecule has 0 radical (unpaired) electrons. The molecule has 18 heavy (non-hydrogen) atoms. The van der Waals surface area contributed by atoms with E-state index in [0.29, 0.717) is 0 Å². The Balaban J connectivity index is 2.01. The van der Waals surface area contributed by atoms with Crippen LogP contribution in [0.3, 0.4) is 0 Å². The number of aryl methyl sites for hydroxylation is 2. The second-order valence-electron chi connectivity index (χ2n) is 4.60. The molecule has 0 heterocycles. The van der Waals surface area contributed by atoms with Gasteiger partial charge in [0.15, 0.2) is 0 Å². The predicted octanol–water partition coefficient (Wildman–Crippen LogP) is 4.42. The van der Waals surface area contributed by atoms with Crippen molar-refractivity contribution in [2.75, 3.05) is 0 Å². The van der Waals surface area contributed by atoms with Gasteiger partial charge < -0.3 is 5.11 Å². The summed E-state index contributed by atoms with van der Waals surface area (Å²) in [7, 11) is 0. The molecule has 0 aromatic heterocycles. The van der Waals surface area contributed by atoms with Gasteiger partial charge in [-0.3, -0.25) is 0 Å². The summed E-state index contributed by atoms with van der Waals surface area (Å²) >= 11 is 3.47. The number of halogens is 1. The fourth-order valence-corrected chi connectivity index (χ4v) is 2.70. The van der Waals surface area contributed by atoms with E-state index >= 15 is 0 Å². The van der Waals surface area contributed by atoms with Crippen molar-refractivity contribution in [2.24, 2.45) is 0 Å². The van der Waals surface area contributed by atoms with E-state index in [2.05, 4.69) is 28.1 Å². The summed E-state index contributed by atoms with van der Waals surface area (Å²) in [6.07, 6.45) is 1.24. The Bertz CT molecular complexity index is 488. The second-order valence-corrected chi connectivity index (χ2v) is 5.52. The fraction of sp³-hybridized carbons (Fsp3) is 0.250. The van der Waals surface area contributed by atoms with E-state index in [4.69, 9.17) is 0 Å². The molecule has 2 rings (SSSR count). The van der Waals surface area contributed by atoms with Crippen molar-refractivity contribution < 1.29 is 5.11 Å². The summed E-state index contributed by atoms with van der Waals surface area (Å²) in [5, 5.41) is 10.2. The van der Waals surface area contributed by atoms with Gasteiger partial charge >= 0.3 is 0 Å². The quantitative estimate of drug-likeness (QED) is 0.886. The highest BCUT2D eigenvalue weighted by Crippen LogP contribution is 2.24.